The zero-order valence-corrected chi connectivity index (χ0v) is 10.8. The van der Waals surface area contributed by atoms with E-state index in [-0.39, 0.29) is 0 Å². The Morgan fingerprint density at radius 1 is 0.933 bits per heavy atom. The highest BCUT2D eigenvalue weighted by Crippen LogP contribution is 1.89. The summed E-state index contributed by atoms with van der Waals surface area (Å²) < 4.78 is 0. The summed E-state index contributed by atoms with van der Waals surface area (Å²) in [6.07, 6.45) is 5.10. The van der Waals surface area contributed by atoms with Crippen LogP contribution >= 0.6 is 0 Å². The maximum absolute atomic E-state index is 3.47. The molecule has 0 heterocycles. The van der Waals surface area contributed by atoms with E-state index in [4.69, 9.17) is 0 Å². The number of unbranched alkanes of at least 4 members (excludes halogenated alkanes) is 1. The van der Waals surface area contributed by atoms with Crippen molar-refractivity contribution in [3.8, 4) is 0 Å². The molecule has 0 rings (SSSR count). The first-order chi connectivity index (χ1) is 7.31. The summed E-state index contributed by atoms with van der Waals surface area (Å²) in [5, 5.41) is 6.64. The first-order valence-electron chi connectivity index (χ1n) is 6.35. The summed E-state index contributed by atoms with van der Waals surface area (Å²) in [6.45, 7) is 8.12. The molecule has 2 N–H and O–H groups in total. The molecule has 0 aliphatic heterocycles. The van der Waals surface area contributed by atoms with Crippen molar-refractivity contribution < 1.29 is 0 Å². The van der Waals surface area contributed by atoms with Crippen LogP contribution in [-0.4, -0.2) is 51.7 Å². The summed E-state index contributed by atoms with van der Waals surface area (Å²) in [4.78, 5) is 2.42. The number of rotatable bonds is 11. The van der Waals surface area contributed by atoms with Gasteiger partial charge >= 0.3 is 0 Å². The minimum atomic E-state index is 1.12. The van der Waals surface area contributed by atoms with Gasteiger partial charge in [-0.15, -0.1) is 0 Å². The Kier molecular flexibility index (Phi) is 11.9. The molecule has 0 saturated heterocycles. The van der Waals surface area contributed by atoms with Crippen molar-refractivity contribution in [2.75, 3.05) is 46.8 Å². The maximum Gasteiger partial charge on any atom is -0.000968 e. The van der Waals surface area contributed by atoms with Gasteiger partial charge in [0, 0.05) is 0 Å². The summed E-state index contributed by atoms with van der Waals surface area (Å²) >= 11 is 0. The zero-order valence-electron chi connectivity index (χ0n) is 10.8. The summed E-state index contributed by atoms with van der Waals surface area (Å²) in [7, 11) is 4.22. The molecular formula is C12H29N3. The molecule has 0 aromatic heterocycles. The molecular weight excluding hydrogens is 186 g/mol. The first-order valence-corrected chi connectivity index (χ1v) is 6.35. The average Bonchev–Trinajstić information content (AvgIpc) is 2.23. The number of hydrogen-bond donors (Lipinski definition) is 2. The molecule has 0 amide bonds. The van der Waals surface area contributed by atoms with Crippen LogP contribution < -0.4 is 10.6 Å². The maximum atomic E-state index is 3.47. The highest BCUT2D eigenvalue weighted by molar-refractivity contribution is 4.55. The number of nitrogens with zero attached hydrogens (tertiary/aromatic N) is 1. The second-order valence-corrected chi connectivity index (χ2v) is 4.22. The predicted molar refractivity (Wildman–Crippen MR) is 68.4 cm³/mol. The first kappa shape index (κ1) is 14.9. The van der Waals surface area contributed by atoms with Crippen LogP contribution in [0.5, 0.6) is 0 Å². The summed E-state index contributed by atoms with van der Waals surface area (Å²) in [5.74, 6) is 0. The molecule has 15 heavy (non-hydrogen) atoms. The molecule has 0 aromatic carbocycles. The molecule has 3 nitrogen and oxygen atoms in total. The SMILES string of the molecule is CCCCNCCCN(C)CCCNC. The topological polar surface area (TPSA) is 27.3 Å². The molecule has 0 bridgehead atoms. The van der Waals surface area contributed by atoms with Crippen LogP contribution in [0.2, 0.25) is 0 Å². The molecule has 0 radical (unpaired) electrons. The molecule has 3 heteroatoms. The van der Waals surface area contributed by atoms with Gasteiger partial charge in [-0.25, -0.2) is 0 Å². The molecule has 0 spiro atoms. The smallest absolute Gasteiger partial charge is 0.000968 e. The fourth-order valence-electron chi connectivity index (χ4n) is 1.54. The largest absolute Gasteiger partial charge is 0.320 e. The Hall–Kier alpha value is -0.120. The fourth-order valence-corrected chi connectivity index (χ4v) is 1.54. The van der Waals surface area contributed by atoms with Gasteiger partial charge in [0.1, 0.15) is 0 Å². The molecule has 0 saturated carbocycles. The van der Waals surface area contributed by atoms with Gasteiger partial charge in [-0.3, -0.25) is 0 Å². The van der Waals surface area contributed by atoms with Crippen molar-refractivity contribution in [2.45, 2.75) is 32.6 Å². The van der Waals surface area contributed by atoms with Crippen molar-refractivity contribution in [2.24, 2.45) is 0 Å². The second kappa shape index (κ2) is 12.0. The van der Waals surface area contributed by atoms with Gasteiger partial charge in [0.25, 0.3) is 0 Å². The van der Waals surface area contributed by atoms with Crippen LogP contribution in [0.4, 0.5) is 0 Å². The lowest BCUT2D eigenvalue weighted by Crippen LogP contribution is -2.26. The molecule has 0 aliphatic rings. The average molecular weight is 215 g/mol. The van der Waals surface area contributed by atoms with Gasteiger partial charge in [0.2, 0.25) is 0 Å². The van der Waals surface area contributed by atoms with Gasteiger partial charge in [-0.1, -0.05) is 13.3 Å². The normalized spacial score (nSPS) is 11.2. The molecule has 0 aromatic rings. The van der Waals surface area contributed by atoms with Crippen LogP contribution in [0.3, 0.4) is 0 Å². The van der Waals surface area contributed by atoms with Crippen molar-refractivity contribution in [3.63, 3.8) is 0 Å². The van der Waals surface area contributed by atoms with Gasteiger partial charge < -0.3 is 15.5 Å². The Morgan fingerprint density at radius 3 is 2.13 bits per heavy atom. The Labute approximate surface area is 95.6 Å². The van der Waals surface area contributed by atoms with Crippen molar-refractivity contribution in [1.29, 1.82) is 0 Å². The quantitative estimate of drug-likeness (QED) is 0.509. The predicted octanol–water partition coefficient (Wildman–Crippen LogP) is 1.31. The number of nitrogens with one attached hydrogen (secondary N) is 2. The Bertz CT molecular complexity index is 117. The Balaban J connectivity index is 3.06. The van der Waals surface area contributed by atoms with Crippen LogP contribution in [0.1, 0.15) is 32.6 Å². The van der Waals surface area contributed by atoms with E-state index >= 15 is 0 Å². The molecule has 0 aliphatic carbocycles. The molecule has 92 valence electrons. The third-order valence-electron chi connectivity index (χ3n) is 2.57. The van der Waals surface area contributed by atoms with Crippen LogP contribution in [0, 0.1) is 0 Å². The lowest BCUT2D eigenvalue weighted by atomic mass is 10.3. The summed E-state index contributed by atoms with van der Waals surface area (Å²) in [5.41, 5.74) is 0. The van der Waals surface area contributed by atoms with Crippen molar-refractivity contribution in [1.82, 2.24) is 15.5 Å². The molecule has 0 atom stereocenters. The third-order valence-corrected chi connectivity index (χ3v) is 2.57. The van der Waals surface area contributed by atoms with E-state index in [2.05, 4.69) is 29.5 Å². The van der Waals surface area contributed by atoms with E-state index in [0.717, 1.165) is 13.1 Å². The minimum absolute atomic E-state index is 1.12. The van der Waals surface area contributed by atoms with E-state index in [1.165, 1.54) is 45.3 Å². The Morgan fingerprint density at radius 2 is 1.53 bits per heavy atom. The summed E-state index contributed by atoms with van der Waals surface area (Å²) in [6, 6.07) is 0. The number of hydrogen-bond acceptors (Lipinski definition) is 3. The second-order valence-electron chi connectivity index (χ2n) is 4.22. The highest BCUT2D eigenvalue weighted by atomic mass is 15.1. The van der Waals surface area contributed by atoms with Crippen molar-refractivity contribution >= 4 is 0 Å². The van der Waals surface area contributed by atoms with E-state index < -0.39 is 0 Å². The third kappa shape index (κ3) is 11.8. The van der Waals surface area contributed by atoms with E-state index in [1.807, 2.05) is 7.05 Å². The van der Waals surface area contributed by atoms with E-state index in [0.29, 0.717) is 0 Å². The van der Waals surface area contributed by atoms with Crippen LogP contribution in [-0.2, 0) is 0 Å². The zero-order chi connectivity index (χ0) is 11.4. The lowest BCUT2D eigenvalue weighted by molar-refractivity contribution is 0.321. The van der Waals surface area contributed by atoms with Crippen LogP contribution in [0.25, 0.3) is 0 Å². The van der Waals surface area contributed by atoms with Gasteiger partial charge in [-0.05, 0) is 66.1 Å². The van der Waals surface area contributed by atoms with E-state index in [9.17, 15) is 0 Å². The van der Waals surface area contributed by atoms with E-state index in [1.54, 1.807) is 0 Å². The standard InChI is InChI=1S/C12H29N3/c1-4-5-9-14-10-7-12-15(3)11-6-8-13-2/h13-14H,4-12H2,1-3H3. The monoisotopic (exact) mass is 215 g/mol. The van der Waals surface area contributed by atoms with Crippen LogP contribution in [0.15, 0.2) is 0 Å². The molecule has 0 fully saturated rings. The molecule has 0 unspecified atom stereocenters. The lowest BCUT2D eigenvalue weighted by Gasteiger charge is -2.16. The fraction of sp³-hybridized carbons (Fsp3) is 1.00. The highest BCUT2D eigenvalue weighted by Gasteiger charge is 1.96. The minimum Gasteiger partial charge on any atom is -0.320 e. The van der Waals surface area contributed by atoms with Gasteiger partial charge in [-0.2, -0.15) is 0 Å². The van der Waals surface area contributed by atoms with Gasteiger partial charge in [0.15, 0.2) is 0 Å². The van der Waals surface area contributed by atoms with Gasteiger partial charge in [0.05, 0.1) is 0 Å². The van der Waals surface area contributed by atoms with Crippen molar-refractivity contribution in [3.05, 3.63) is 0 Å².